The zero-order chi connectivity index (χ0) is 14.7. The summed E-state index contributed by atoms with van der Waals surface area (Å²) in [5, 5.41) is 1.36. The Bertz CT molecular complexity index is 872. The van der Waals surface area contributed by atoms with E-state index in [2.05, 4.69) is 36.3 Å². The van der Waals surface area contributed by atoms with Crippen LogP contribution in [-0.2, 0) is 12.1 Å². The largest absolute Gasteiger partial charge is 0.327 e. The summed E-state index contributed by atoms with van der Waals surface area (Å²) in [6.07, 6.45) is 12.0. The highest BCUT2D eigenvalue weighted by Gasteiger charge is 2.41. The lowest BCUT2D eigenvalue weighted by Crippen LogP contribution is -2.43. The van der Waals surface area contributed by atoms with Crippen LogP contribution in [0.3, 0.4) is 0 Å². The molecule has 22 heavy (non-hydrogen) atoms. The van der Waals surface area contributed by atoms with Gasteiger partial charge >= 0.3 is 0 Å². The van der Waals surface area contributed by atoms with Crippen molar-refractivity contribution in [2.24, 2.45) is 0 Å². The Balaban J connectivity index is 1.87. The molecule has 5 nitrogen and oxygen atoms in total. The van der Waals surface area contributed by atoms with E-state index in [1.165, 1.54) is 32.1 Å². The average Bonchev–Trinajstić information content (AvgIpc) is 3.12. The molecule has 112 valence electrons. The maximum atomic E-state index is 6.07. The number of imidazole rings is 1. The van der Waals surface area contributed by atoms with E-state index < -0.39 is 0 Å². The monoisotopic (exact) mass is 313 g/mol. The van der Waals surface area contributed by atoms with Crippen LogP contribution < -0.4 is 0 Å². The first-order chi connectivity index (χ1) is 10.8. The minimum Gasteiger partial charge on any atom is -0.327 e. The quantitative estimate of drug-likeness (QED) is 0.596. The van der Waals surface area contributed by atoms with Gasteiger partial charge in [-0.25, -0.2) is 9.97 Å². The van der Waals surface area contributed by atoms with Crippen molar-refractivity contribution in [2.45, 2.75) is 44.2 Å². The summed E-state index contributed by atoms with van der Waals surface area (Å²) in [7, 11) is 0. The molecule has 6 heteroatoms. The van der Waals surface area contributed by atoms with Gasteiger partial charge in [-0.1, -0.05) is 19.3 Å². The van der Waals surface area contributed by atoms with Crippen molar-refractivity contribution in [1.82, 2.24) is 24.1 Å². The molecule has 0 amide bonds. The van der Waals surface area contributed by atoms with E-state index in [1.54, 1.807) is 0 Å². The minimum absolute atomic E-state index is 0.0979. The molecule has 5 rings (SSSR count). The van der Waals surface area contributed by atoms with Gasteiger partial charge < -0.3 is 9.13 Å². The molecular weight excluding hydrogens is 298 g/mol. The van der Waals surface area contributed by atoms with Crippen LogP contribution in [0.2, 0.25) is 5.28 Å². The van der Waals surface area contributed by atoms with Gasteiger partial charge in [0.2, 0.25) is 5.28 Å². The Morgan fingerprint density at radius 1 is 1.14 bits per heavy atom. The molecule has 1 fully saturated rings. The normalized spacial score (nSPS) is 19.3. The number of halogens is 1. The van der Waals surface area contributed by atoms with Crippen molar-refractivity contribution >= 4 is 22.6 Å². The third-order valence-corrected chi connectivity index (χ3v) is 5.36. The van der Waals surface area contributed by atoms with Gasteiger partial charge in [0.05, 0.1) is 11.2 Å². The van der Waals surface area contributed by atoms with Gasteiger partial charge in [-0.05, 0) is 30.5 Å². The summed E-state index contributed by atoms with van der Waals surface area (Å²) in [6, 6.07) is 2.15. The first kappa shape index (κ1) is 12.6. The molecule has 1 saturated carbocycles. The van der Waals surface area contributed by atoms with Crippen molar-refractivity contribution in [1.29, 1.82) is 0 Å². The zero-order valence-corrected chi connectivity index (χ0v) is 12.9. The fourth-order valence-corrected chi connectivity index (χ4v) is 4.39. The number of aromatic nitrogens is 5. The lowest BCUT2D eigenvalue weighted by Gasteiger charge is -2.43. The Hall–Kier alpha value is -1.88. The Kier molecular flexibility index (Phi) is 2.48. The lowest BCUT2D eigenvalue weighted by atomic mass is 9.80. The van der Waals surface area contributed by atoms with Crippen LogP contribution >= 0.6 is 11.6 Å². The van der Waals surface area contributed by atoms with E-state index in [9.17, 15) is 0 Å². The summed E-state index contributed by atoms with van der Waals surface area (Å²) in [6.45, 7) is 0.973. The molecule has 1 aliphatic carbocycles. The summed E-state index contributed by atoms with van der Waals surface area (Å²) >= 11 is 6.07. The van der Waals surface area contributed by atoms with Gasteiger partial charge in [0.15, 0.2) is 5.82 Å². The second kappa shape index (κ2) is 4.32. The van der Waals surface area contributed by atoms with Crippen LogP contribution in [0.1, 0.15) is 32.1 Å². The molecule has 0 saturated heterocycles. The van der Waals surface area contributed by atoms with Gasteiger partial charge in [-0.15, -0.1) is 0 Å². The highest BCUT2D eigenvalue weighted by Crippen LogP contribution is 2.45. The Labute approximate surface area is 133 Å². The van der Waals surface area contributed by atoms with Crippen LogP contribution in [0.4, 0.5) is 0 Å². The first-order valence-electron chi connectivity index (χ1n) is 7.83. The second-order valence-electron chi connectivity index (χ2n) is 6.45. The summed E-state index contributed by atoms with van der Waals surface area (Å²) in [4.78, 5) is 13.2. The van der Waals surface area contributed by atoms with Crippen LogP contribution in [0, 0.1) is 0 Å². The molecule has 0 N–H and O–H groups in total. The Morgan fingerprint density at radius 3 is 2.86 bits per heavy atom. The van der Waals surface area contributed by atoms with Crippen LogP contribution in [0.5, 0.6) is 0 Å². The number of rotatable bonds is 0. The smallest absolute Gasteiger partial charge is 0.224 e. The molecule has 0 radical (unpaired) electrons. The molecule has 4 heterocycles. The highest BCUT2D eigenvalue weighted by atomic mass is 35.5. The topological polar surface area (TPSA) is 48.5 Å². The third-order valence-electron chi connectivity index (χ3n) is 5.18. The molecule has 0 unspecified atom stereocenters. The van der Waals surface area contributed by atoms with Gasteiger partial charge in [-0.2, -0.15) is 4.98 Å². The number of nitrogens with zero attached hydrogens (tertiary/aromatic N) is 5. The first-order valence-corrected chi connectivity index (χ1v) is 8.21. The van der Waals surface area contributed by atoms with Crippen LogP contribution in [-0.4, -0.2) is 24.1 Å². The molecule has 1 spiro atoms. The molecule has 0 bridgehead atoms. The van der Waals surface area contributed by atoms with Crippen molar-refractivity contribution in [3.63, 3.8) is 0 Å². The fourth-order valence-electron chi connectivity index (χ4n) is 4.26. The third kappa shape index (κ3) is 1.57. The van der Waals surface area contributed by atoms with Crippen molar-refractivity contribution in [3.05, 3.63) is 29.9 Å². The van der Waals surface area contributed by atoms with E-state index >= 15 is 0 Å². The molecule has 0 atom stereocenters. The highest BCUT2D eigenvalue weighted by molar-refractivity contribution is 6.28. The maximum absolute atomic E-state index is 6.07. The zero-order valence-electron chi connectivity index (χ0n) is 12.2. The Morgan fingerprint density at radius 2 is 2.00 bits per heavy atom. The predicted octanol–water partition coefficient (Wildman–Crippen LogP) is 3.62. The standard InChI is InChI=1S/C16H16ClN5/c17-15-19-9-11-8-12-14-18-6-7-21(14)10-16(4-2-1-3-5-16)22(12)13(11)20-15/h6-9H,1-5,10H2. The summed E-state index contributed by atoms with van der Waals surface area (Å²) in [5.41, 5.74) is 2.19. The van der Waals surface area contributed by atoms with Crippen molar-refractivity contribution < 1.29 is 0 Å². The summed E-state index contributed by atoms with van der Waals surface area (Å²) in [5.74, 6) is 1.02. The van der Waals surface area contributed by atoms with Gasteiger partial charge in [-0.3, -0.25) is 0 Å². The summed E-state index contributed by atoms with van der Waals surface area (Å²) < 4.78 is 4.69. The maximum Gasteiger partial charge on any atom is 0.224 e. The van der Waals surface area contributed by atoms with E-state index in [0.717, 1.165) is 29.1 Å². The number of hydrogen-bond acceptors (Lipinski definition) is 3. The molecule has 1 aliphatic heterocycles. The number of fused-ring (bicyclic) bond motifs is 6. The van der Waals surface area contributed by atoms with Crippen molar-refractivity contribution in [2.75, 3.05) is 0 Å². The second-order valence-corrected chi connectivity index (χ2v) is 6.78. The van der Waals surface area contributed by atoms with E-state index in [1.807, 2.05) is 12.4 Å². The molecule has 3 aromatic rings. The van der Waals surface area contributed by atoms with Gasteiger partial charge in [0, 0.05) is 30.5 Å². The average molecular weight is 314 g/mol. The molecule has 0 aromatic carbocycles. The SMILES string of the molecule is Clc1ncc2cc3n(c2n1)C1(CCCCC1)Cn1ccnc1-3. The van der Waals surface area contributed by atoms with Crippen molar-refractivity contribution in [3.8, 4) is 11.5 Å². The van der Waals surface area contributed by atoms with Crippen LogP contribution in [0.25, 0.3) is 22.6 Å². The molecule has 2 aliphatic rings. The number of hydrogen-bond donors (Lipinski definition) is 0. The lowest BCUT2D eigenvalue weighted by molar-refractivity contribution is 0.163. The van der Waals surface area contributed by atoms with E-state index in [-0.39, 0.29) is 5.54 Å². The molecule has 3 aromatic heterocycles. The van der Waals surface area contributed by atoms with Gasteiger partial charge in [0.25, 0.3) is 0 Å². The fraction of sp³-hybridized carbons (Fsp3) is 0.438. The molecular formula is C16H16ClN5. The van der Waals surface area contributed by atoms with E-state index in [4.69, 9.17) is 11.6 Å². The predicted molar refractivity (Wildman–Crippen MR) is 84.8 cm³/mol. The van der Waals surface area contributed by atoms with E-state index in [0.29, 0.717) is 5.28 Å². The minimum atomic E-state index is 0.0979. The van der Waals surface area contributed by atoms with Gasteiger partial charge in [0.1, 0.15) is 5.65 Å². The van der Waals surface area contributed by atoms with Crippen LogP contribution in [0.15, 0.2) is 24.7 Å².